The number of phenolic OH excluding ortho intramolecular Hbond substituents is 1. The van der Waals surface area contributed by atoms with E-state index in [0.717, 1.165) is 9.13 Å². The molecule has 0 saturated carbocycles. The third-order valence-corrected chi connectivity index (χ3v) is 3.06. The second-order valence-corrected chi connectivity index (χ2v) is 5.06. The summed E-state index contributed by atoms with van der Waals surface area (Å²) in [6.45, 7) is 1.77. The van der Waals surface area contributed by atoms with E-state index in [-0.39, 0.29) is 11.7 Å². The third-order valence-electron chi connectivity index (χ3n) is 2.42. The molecule has 92 valence electrons. The maximum atomic E-state index is 12.0. The van der Waals surface area contributed by atoms with Crippen molar-refractivity contribution in [1.82, 2.24) is 4.98 Å². The summed E-state index contributed by atoms with van der Waals surface area (Å²) < 4.78 is 1.01. The van der Waals surface area contributed by atoms with Crippen LogP contribution >= 0.6 is 22.6 Å². The zero-order valence-corrected chi connectivity index (χ0v) is 11.8. The number of rotatable bonds is 2. The number of phenols is 1. The van der Waals surface area contributed by atoms with Crippen LogP contribution in [0.2, 0.25) is 0 Å². The van der Waals surface area contributed by atoms with Crippen LogP contribution in [-0.4, -0.2) is 16.0 Å². The largest absolute Gasteiger partial charge is 0.508 e. The molecule has 0 atom stereocenters. The number of anilines is 1. The lowest BCUT2D eigenvalue weighted by molar-refractivity contribution is 0.102. The average molecular weight is 354 g/mol. The lowest BCUT2D eigenvalue weighted by atomic mass is 10.1. The van der Waals surface area contributed by atoms with Crippen molar-refractivity contribution < 1.29 is 9.90 Å². The number of nitrogens with zero attached hydrogens (tertiary/aromatic N) is 1. The molecular formula is C13H11IN2O2. The molecule has 2 rings (SSSR count). The first-order valence-electron chi connectivity index (χ1n) is 5.29. The van der Waals surface area contributed by atoms with Crippen LogP contribution in [-0.2, 0) is 0 Å². The Hall–Kier alpha value is -1.63. The minimum Gasteiger partial charge on any atom is -0.508 e. The number of aromatic hydroxyl groups is 1. The zero-order chi connectivity index (χ0) is 13.1. The van der Waals surface area contributed by atoms with Crippen LogP contribution in [0.25, 0.3) is 0 Å². The van der Waals surface area contributed by atoms with Gasteiger partial charge in [0.15, 0.2) is 0 Å². The molecule has 0 aliphatic carbocycles. The van der Waals surface area contributed by atoms with Crippen LogP contribution < -0.4 is 5.32 Å². The van der Waals surface area contributed by atoms with Crippen molar-refractivity contribution in [2.45, 2.75) is 6.92 Å². The molecule has 1 amide bonds. The van der Waals surface area contributed by atoms with E-state index in [9.17, 15) is 9.90 Å². The summed E-state index contributed by atoms with van der Waals surface area (Å²) in [4.78, 5) is 16.1. The van der Waals surface area contributed by atoms with Crippen LogP contribution in [0.1, 0.15) is 15.9 Å². The number of nitrogens with one attached hydrogen (secondary N) is 1. The number of amides is 1. The molecular weight excluding hydrogens is 343 g/mol. The van der Waals surface area contributed by atoms with Crippen molar-refractivity contribution in [1.29, 1.82) is 0 Å². The Balaban J connectivity index is 2.19. The molecule has 1 heterocycles. The minimum absolute atomic E-state index is 0.149. The Morgan fingerprint density at radius 3 is 2.72 bits per heavy atom. The van der Waals surface area contributed by atoms with E-state index in [1.165, 1.54) is 6.07 Å². The molecule has 1 aromatic carbocycles. The van der Waals surface area contributed by atoms with Crippen LogP contribution in [0.3, 0.4) is 0 Å². The predicted molar refractivity (Wildman–Crippen MR) is 77.8 cm³/mol. The number of hydrogen-bond donors (Lipinski definition) is 2. The normalized spacial score (nSPS) is 10.1. The number of halogens is 1. The van der Waals surface area contributed by atoms with Gasteiger partial charge in [-0.05, 0) is 65.4 Å². The van der Waals surface area contributed by atoms with Gasteiger partial charge in [-0.15, -0.1) is 0 Å². The van der Waals surface area contributed by atoms with E-state index >= 15 is 0 Å². The maximum absolute atomic E-state index is 12.0. The highest BCUT2D eigenvalue weighted by Gasteiger charge is 2.10. The Morgan fingerprint density at radius 2 is 2.11 bits per heavy atom. The molecule has 0 saturated heterocycles. The summed E-state index contributed by atoms with van der Waals surface area (Å²) >= 11 is 2.15. The highest BCUT2D eigenvalue weighted by Crippen LogP contribution is 2.17. The molecule has 4 nitrogen and oxygen atoms in total. The van der Waals surface area contributed by atoms with Crippen molar-refractivity contribution in [3.05, 3.63) is 51.2 Å². The number of carbonyl (C=O) groups excluding carboxylic acids is 1. The van der Waals surface area contributed by atoms with E-state index < -0.39 is 0 Å². The SMILES string of the molecule is Cc1cc(O)ccc1C(=O)Nc1ccc(I)cn1. The summed E-state index contributed by atoms with van der Waals surface area (Å²) in [5.74, 6) is 0.422. The minimum atomic E-state index is -0.235. The van der Waals surface area contributed by atoms with Gasteiger partial charge in [0, 0.05) is 15.3 Å². The van der Waals surface area contributed by atoms with Crippen molar-refractivity contribution in [3.63, 3.8) is 0 Å². The highest BCUT2D eigenvalue weighted by atomic mass is 127. The van der Waals surface area contributed by atoms with Crippen molar-refractivity contribution in [2.24, 2.45) is 0 Å². The van der Waals surface area contributed by atoms with Gasteiger partial charge in [0.25, 0.3) is 5.91 Å². The van der Waals surface area contributed by atoms with Gasteiger partial charge in [-0.3, -0.25) is 4.79 Å². The molecule has 0 aliphatic rings. The molecule has 0 unspecified atom stereocenters. The molecule has 0 bridgehead atoms. The zero-order valence-electron chi connectivity index (χ0n) is 9.64. The Kier molecular flexibility index (Phi) is 3.81. The number of benzene rings is 1. The Labute approximate surface area is 118 Å². The standard InChI is InChI=1S/C13H11IN2O2/c1-8-6-10(17)3-4-11(8)13(18)16-12-5-2-9(14)7-15-12/h2-7,17H,1H3,(H,15,16,18). The van der Waals surface area contributed by atoms with Gasteiger partial charge < -0.3 is 10.4 Å². The lowest BCUT2D eigenvalue weighted by Gasteiger charge is -2.07. The van der Waals surface area contributed by atoms with Crippen LogP contribution in [0, 0.1) is 10.5 Å². The summed E-state index contributed by atoms with van der Waals surface area (Å²) in [5, 5.41) is 12.0. The lowest BCUT2D eigenvalue weighted by Crippen LogP contribution is -2.14. The van der Waals surface area contributed by atoms with Gasteiger partial charge in [-0.25, -0.2) is 4.98 Å². The van der Waals surface area contributed by atoms with E-state index in [1.54, 1.807) is 31.3 Å². The van der Waals surface area contributed by atoms with Crippen molar-refractivity contribution in [3.8, 4) is 5.75 Å². The van der Waals surface area contributed by atoms with E-state index in [2.05, 4.69) is 32.9 Å². The molecule has 0 radical (unpaired) electrons. The van der Waals surface area contributed by atoms with Gasteiger partial charge >= 0.3 is 0 Å². The molecule has 2 aromatic rings. The van der Waals surface area contributed by atoms with Crippen molar-refractivity contribution >= 4 is 34.3 Å². The smallest absolute Gasteiger partial charge is 0.257 e. The topological polar surface area (TPSA) is 62.2 Å². The van der Waals surface area contributed by atoms with Crippen LogP contribution in [0.4, 0.5) is 5.82 Å². The number of hydrogen-bond acceptors (Lipinski definition) is 3. The molecule has 2 N–H and O–H groups in total. The fourth-order valence-corrected chi connectivity index (χ4v) is 1.86. The first-order chi connectivity index (χ1) is 8.56. The van der Waals surface area contributed by atoms with E-state index in [1.807, 2.05) is 6.07 Å². The van der Waals surface area contributed by atoms with Crippen molar-refractivity contribution in [2.75, 3.05) is 5.32 Å². The highest BCUT2D eigenvalue weighted by molar-refractivity contribution is 14.1. The Morgan fingerprint density at radius 1 is 1.33 bits per heavy atom. The van der Waals surface area contributed by atoms with Gasteiger partial charge in [0.1, 0.15) is 11.6 Å². The maximum Gasteiger partial charge on any atom is 0.257 e. The molecule has 0 aliphatic heterocycles. The predicted octanol–water partition coefficient (Wildman–Crippen LogP) is 2.95. The molecule has 0 fully saturated rings. The summed E-state index contributed by atoms with van der Waals surface area (Å²) in [6.07, 6.45) is 1.68. The molecule has 0 spiro atoms. The third kappa shape index (κ3) is 2.98. The number of aryl methyl sites for hydroxylation is 1. The monoisotopic (exact) mass is 354 g/mol. The van der Waals surface area contributed by atoms with Gasteiger partial charge in [0.05, 0.1) is 0 Å². The van der Waals surface area contributed by atoms with Crippen LogP contribution in [0.5, 0.6) is 5.75 Å². The second kappa shape index (κ2) is 5.34. The molecule has 1 aromatic heterocycles. The number of pyridine rings is 1. The fourth-order valence-electron chi connectivity index (χ4n) is 1.54. The van der Waals surface area contributed by atoms with Gasteiger partial charge in [-0.2, -0.15) is 0 Å². The number of carbonyl (C=O) groups is 1. The summed E-state index contributed by atoms with van der Waals surface area (Å²) in [6, 6.07) is 8.24. The first-order valence-corrected chi connectivity index (χ1v) is 6.36. The second-order valence-electron chi connectivity index (χ2n) is 3.82. The molecule has 18 heavy (non-hydrogen) atoms. The number of aromatic nitrogens is 1. The summed E-state index contributed by atoms with van der Waals surface area (Å²) in [7, 11) is 0. The quantitative estimate of drug-likeness (QED) is 0.816. The van der Waals surface area contributed by atoms with Gasteiger partial charge in [-0.1, -0.05) is 0 Å². The van der Waals surface area contributed by atoms with Gasteiger partial charge in [0.2, 0.25) is 0 Å². The van der Waals surface area contributed by atoms with E-state index in [0.29, 0.717) is 11.4 Å². The molecule has 5 heteroatoms. The van der Waals surface area contributed by atoms with Crippen LogP contribution in [0.15, 0.2) is 36.5 Å². The fraction of sp³-hybridized carbons (Fsp3) is 0.0769. The summed E-state index contributed by atoms with van der Waals surface area (Å²) in [5.41, 5.74) is 1.24. The first kappa shape index (κ1) is 12.8. The average Bonchev–Trinajstić information content (AvgIpc) is 2.32. The van der Waals surface area contributed by atoms with E-state index in [4.69, 9.17) is 0 Å². The Bertz CT molecular complexity index is 582.